The fourth-order valence-corrected chi connectivity index (χ4v) is 1.61. The SMILES string of the molecule is O=C(Oc1ccn[nH]1)Sc1ccccc1. The normalized spacial score (nSPS) is 9.87. The number of carbonyl (C=O) groups excluding carboxylic acids is 1. The van der Waals surface area contributed by atoms with Crippen LogP contribution in [-0.4, -0.2) is 15.5 Å². The Morgan fingerprint density at radius 2 is 2.07 bits per heavy atom. The van der Waals surface area contributed by atoms with Gasteiger partial charge in [-0.2, -0.15) is 5.10 Å². The summed E-state index contributed by atoms with van der Waals surface area (Å²) in [6.45, 7) is 0. The molecule has 5 heteroatoms. The van der Waals surface area contributed by atoms with Gasteiger partial charge in [0.15, 0.2) is 0 Å². The predicted octanol–water partition coefficient (Wildman–Crippen LogP) is 2.70. The van der Waals surface area contributed by atoms with Crippen LogP contribution >= 0.6 is 11.8 Å². The number of ether oxygens (including phenoxy) is 1. The van der Waals surface area contributed by atoms with Gasteiger partial charge in [-0.1, -0.05) is 18.2 Å². The lowest BCUT2D eigenvalue weighted by Crippen LogP contribution is -2.00. The molecule has 0 atom stereocenters. The third kappa shape index (κ3) is 2.85. The molecule has 0 unspecified atom stereocenters. The van der Waals surface area contributed by atoms with Crippen molar-refractivity contribution in [3.63, 3.8) is 0 Å². The van der Waals surface area contributed by atoms with E-state index in [1.165, 1.54) is 6.20 Å². The third-order valence-corrected chi connectivity index (χ3v) is 2.37. The Hall–Kier alpha value is -1.75. The lowest BCUT2D eigenvalue weighted by molar-refractivity contribution is 0.225. The number of thioether (sulfide) groups is 1. The highest BCUT2D eigenvalue weighted by atomic mass is 32.2. The van der Waals surface area contributed by atoms with Crippen molar-refractivity contribution in [3.8, 4) is 5.88 Å². The number of H-pyrrole nitrogens is 1. The van der Waals surface area contributed by atoms with E-state index in [9.17, 15) is 4.79 Å². The van der Waals surface area contributed by atoms with Gasteiger partial charge in [0.05, 0.1) is 6.20 Å². The summed E-state index contributed by atoms with van der Waals surface area (Å²) < 4.78 is 4.96. The zero-order chi connectivity index (χ0) is 10.5. The van der Waals surface area contributed by atoms with E-state index in [0.29, 0.717) is 5.88 Å². The van der Waals surface area contributed by atoms with Gasteiger partial charge < -0.3 is 4.74 Å². The Morgan fingerprint density at radius 3 is 2.73 bits per heavy atom. The maximum absolute atomic E-state index is 11.4. The molecule has 2 aromatic rings. The molecule has 1 aromatic heterocycles. The molecule has 1 aromatic carbocycles. The predicted molar refractivity (Wildman–Crippen MR) is 56.9 cm³/mol. The van der Waals surface area contributed by atoms with Gasteiger partial charge in [-0.3, -0.25) is 0 Å². The summed E-state index contributed by atoms with van der Waals surface area (Å²) in [7, 11) is 0. The molecule has 0 aliphatic rings. The van der Waals surface area contributed by atoms with Crippen molar-refractivity contribution < 1.29 is 9.53 Å². The molecule has 0 saturated heterocycles. The van der Waals surface area contributed by atoms with Gasteiger partial charge in [0.25, 0.3) is 0 Å². The molecule has 0 spiro atoms. The minimum absolute atomic E-state index is 0.350. The first-order valence-electron chi connectivity index (χ1n) is 4.29. The van der Waals surface area contributed by atoms with Crippen molar-refractivity contribution in [2.45, 2.75) is 4.90 Å². The number of rotatable bonds is 2. The summed E-state index contributed by atoms with van der Waals surface area (Å²) in [4.78, 5) is 12.2. The Bertz CT molecular complexity index is 428. The Labute approximate surface area is 90.6 Å². The molecule has 76 valence electrons. The van der Waals surface area contributed by atoms with Crippen LogP contribution in [0.4, 0.5) is 4.79 Å². The van der Waals surface area contributed by atoms with Crippen LogP contribution in [-0.2, 0) is 0 Å². The molecule has 4 nitrogen and oxygen atoms in total. The molecule has 0 amide bonds. The Morgan fingerprint density at radius 1 is 1.27 bits per heavy atom. The minimum atomic E-state index is -0.384. The monoisotopic (exact) mass is 220 g/mol. The Kier molecular flexibility index (Phi) is 3.04. The van der Waals surface area contributed by atoms with E-state index < -0.39 is 0 Å². The first-order valence-corrected chi connectivity index (χ1v) is 5.10. The fourth-order valence-electron chi connectivity index (χ4n) is 0.995. The average molecular weight is 220 g/mol. The molecule has 0 bridgehead atoms. The second-order valence-electron chi connectivity index (χ2n) is 2.69. The zero-order valence-corrected chi connectivity index (χ0v) is 8.53. The van der Waals surface area contributed by atoms with Gasteiger partial charge in [0, 0.05) is 11.0 Å². The van der Waals surface area contributed by atoms with Crippen molar-refractivity contribution in [3.05, 3.63) is 42.6 Å². The standard InChI is InChI=1S/C10H8N2O2S/c13-10(14-9-6-7-11-12-9)15-8-4-2-1-3-5-8/h1-7H,(H,11,12). The van der Waals surface area contributed by atoms with Crippen molar-refractivity contribution >= 4 is 17.1 Å². The van der Waals surface area contributed by atoms with E-state index in [-0.39, 0.29) is 5.30 Å². The first kappa shape index (κ1) is 9.79. The van der Waals surface area contributed by atoms with Gasteiger partial charge in [-0.05, 0) is 23.9 Å². The summed E-state index contributed by atoms with van der Waals surface area (Å²) in [5.74, 6) is 0.350. The number of carbonyl (C=O) groups is 1. The number of nitrogens with zero attached hydrogens (tertiary/aromatic N) is 1. The van der Waals surface area contributed by atoms with Gasteiger partial charge >= 0.3 is 5.30 Å². The molecule has 0 saturated carbocycles. The van der Waals surface area contributed by atoms with E-state index >= 15 is 0 Å². The molecule has 1 N–H and O–H groups in total. The van der Waals surface area contributed by atoms with Crippen molar-refractivity contribution in [1.29, 1.82) is 0 Å². The largest absolute Gasteiger partial charge is 0.400 e. The van der Waals surface area contributed by atoms with Gasteiger partial charge in [0.2, 0.25) is 5.88 Å². The number of aromatic nitrogens is 2. The van der Waals surface area contributed by atoms with Crippen molar-refractivity contribution in [2.75, 3.05) is 0 Å². The average Bonchev–Trinajstić information content (AvgIpc) is 2.71. The van der Waals surface area contributed by atoms with E-state index in [4.69, 9.17) is 4.74 Å². The first-order chi connectivity index (χ1) is 7.34. The summed E-state index contributed by atoms with van der Waals surface area (Å²) in [5.41, 5.74) is 0. The van der Waals surface area contributed by atoms with Crippen molar-refractivity contribution in [2.24, 2.45) is 0 Å². The second-order valence-corrected chi connectivity index (χ2v) is 3.70. The van der Waals surface area contributed by atoms with Crippen LogP contribution < -0.4 is 4.74 Å². The molecular weight excluding hydrogens is 212 g/mol. The minimum Gasteiger partial charge on any atom is -0.400 e. The number of nitrogens with one attached hydrogen (secondary N) is 1. The summed E-state index contributed by atoms with van der Waals surface area (Å²) >= 11 is 1.03. The summed E-state index contributed by atoms with van der Waals surface area (Å²) in [5, 5.41) is 5.83. The van der Waals surface area contributed by atoms with E-state index in [0.717, 1.165) is 16.7 Å². The molecule has 2 rings (SSSR count). The van der Waals surface area contributed by atoms with Gasteiger partial charge in [-0.15, -0.1) is 0 Å². The molecule has 0 radical (unpaired) electrons. The number of hydrogen-bond donors (Lipinski definition) is 1. The van der Waals surface area contributed by atoms with Crippen LogP contribution in [0, 0.1) is 0 Å². The van der Waals surface area contributed by atoms with Gasteiger partial charge in [-0.25, -0.2) is 9.89 Å². The van der Waals surface area contributed by atoms with Crippen molar-refractivity contribution in [1.82, 2.24) is 10.2 Å². The Balaban J connectivity index is 1.94. The van der Waals surface area contributed by atoms with Crippen LogP contribution in [0.25, 0.3) is 0 Å². The molecule has 1 heterocycles. The van der Waals surface area contributed by atoms with E-state index in [1.54, 1.807) is 6.07 Å². The third-order valence-electron chi connectivity index (χ3n) is 1.61. The number of aromatic amines is 1. The van der Waals surface area contributed by atoms with E-state index in [1.807, 2.05) is 30.3 Å². The highest BCUT2D eigenvalue weighted by molar-refractivity contribution is 8.13. The zero-order valence-electron chi connectivity index (χ0n) is 7.71. The van der Waals surface area contributed by atoms with Crippen LogP contribution in [0.15, 0.2) is 47.5 Å². The van der Waals surface area contributed by atoms with Crippen LogP contribution in [0.2, 0.25) is 0 Å². The lowest BCUT2D eigenvalue weighted by Gasteiger charge is -1.99. The number of benzene rings is 1. The fraction of sp³-hybridized carbons (Fsp3) is 0. The number of hydrogen-bond acceptors (Lipinski definition) is 4. The molecular formula is C10H8N2O2S. The van der Waals surface area contributed by atoms with E-state index in [2.05, 4.69) is 10.2 Å². The van der Waals surface area contributed by atoms with Crippen LogP contribution in [0.5, 0.6) is 5.88 Å². The smallest absolute Gasteiger partial charge is 0.378 e. The summed E-state index contributed by atoms with van der Waals surface area (Å²) in [6.07, 6.45) is 1.52. The highest BCUT2D eigenvalue weighted by Gasteiger charge is 2.07. The highest BCUT2D eigenvalue weighted by Crippen LogP contribution is 2.20. The quantitative estimate of drug-likeness (QED) is 0.624. The lowest BCUT2D eigenvalue weighted by atomic mass is 10.4. The second kappa shape index (κ2) is 4.65. The molecule has 0 aliphatic carbocycles. The van der Waals surface area contributed by atoms with Crippen LogP contribution in [0.1, 0.15) is 0 Å². The molecule has 0 aliphatic heterocycles. The maximum Gasteiger partial charge on any atom is 0.378 e. The van der Waals surface area contributed by atoms with Gasteiger partial charge in [0.1, 0.15) is 0 Å². The molecule has 15 heavy (non-hydrogen) atoms. The topological polar surface area (TPSA) is 55.0 Å². The molecule has 0 fully saturated rings. The summed E-state index contributed by atoms with van der Waals surface area (Å²) in [6, 6.07) is 10.9. The maximum atomic E-state index is 11.4. The van der Waals surface area contributed by atoms with Crippen LogP contribution in [0.3, 0.4) is 0 Å².